The van der Waals surface area contributed by atoms with E-state index in [2.05, 4.69) is 10.4 Å². The summed E-state index contributed by atoms with van der Waals surface area (Å²) in [5.74, 6) is 1.02. The average Bonchev–Trinajstić information content (AvgIpc) is 3.04. The first-order chi connectivity index (χ1) is 8.84. The van der Waals surface area contributed by atoms with Gasteiger partial charge in [0, 0.05) is 31.9 Å². The van der Waals surface area contributed by atoms with Gasteiger partial charge in [0.2, 0.25) is 5.91 Å². The number of carbonyl (C=O) groups is 1. The molecule has 1 aromatic heterocycles. The summed E-state index contributed by atoms with van der Waals surface area (Å²) >= 11 is 0. The second-order valence-electron chi connectivity index (χ2n) is 5.16. The SMILES string of the molecule is O=C(CCC1CCCC1)NCCCn1cccn1. The molecule has 1 heterocycles. The maximum absolute atomic E-state index is 11.6. The average molecular weight is 249 g/mol. The van der Waals surface area contributed by atoms with Gasteiger partial charge < -0.3 is 5.32 Å². The third kappa shape index (κ3) is 4.51. The lowest BCUT2D eigenvalue weighted by Gasteiger charge is -2.09. The minimum absolute atomic E-state index is 0.211. The molecule has 0 bridgehead atoms. The third-order valence-electron chi connectivity index (χ3n) is 3.70. The lowest BCUT2D eigenvalue weighted by atomic mass is 10.0. The topological polar surface area (TPSA) is 46.9 Å². The van der Waals surface area contributed by atoms with Gasteiger partial charge in [-0.05, 0) is 24.8 Å². The van der Waals surface area contributed by atoms with Crippen LogP contribution in [0.25, 0.3) is 0 Å². The molecule has 2 rings (SSSR count). The number of hydrogen-bond donors (Lipinski definition) is 1. The van der Waals surface area contributed by atoms with Crippen molar-refractivity contribution in [2.45, 2.75) is 51.5 Å². The molecule has 1 fully saturated rings. The summed E-state index contributed by atoms with van der Waals surface area (Å²) < 4.78 is 1.89. The van der Waals surface area contributed by atoms with Crippen LogP contribution >= 0.6 is 0 Å². The van der Waals surface area contributed by atoms with E-state index in [0.29, 0.717) is 6.42 Å². The predicted molar refractivity (Wildman–Crippen MR) is 71.0 cm³/mol. The second kappa shape index (κ2) is 7.19. The summed E-state index contributed by atoms with van der Waals surface area (Å²) in [6.07, 6.45) is 11.8. The predicted octanol–water partition coefficient (Wildman–Crippen LogP) is 2.36. The standard InChI is InChI=1S/C14H23N3O/c18-14(8-7-13-5-1-2-6-13)15-9-3-11-17-12-4-10-16-17/h4,10,12-13H,1-3,5-9,11H2,(H,15,18). The Hall–Kier alpha value is -1.32. The molecule has 0 radical (unpaired) electrons. The van der Waals surface area contributed by atoms with E-state index in [0.717, 1.165) is 31.8 Å². The van der Waals surface area contributed by atoms with E-state index >= 15 is 0 Å². The first-order valence-corrected chi connectivity index (χ1v) is 7.09. The van der Waals surface area contributed by atoms with Crippen molar-refractivity contribution in [3.8, 4) is 0 Å². The van der Waals surface area contributed by atoms with E-state index in [1.165, 1.54) is 25.7 Å². The molecule has 1 aliphatic rings. The number of carbonyl (C=O) groups excluding carboxylic acids is 1. The summed E-state index contributed by atoms with van der Waals surface area (Å²) in [6, 6.07) is 1.92. The molecule has 4 nitrogen and oxygen atoms in total. The van der Waals surface area contributed by atoms with E-state index in [4.69, 9.17) is 0 Å². The molecule has 0 unspecified atom stereocenters. The zero-order valence-corrected chi connectivity index (χ0v) is 11.0. The number of rotatable bonds is 7. The Morgan fingerprint density at radius 2 is 2.22 bits per heavy atom. The molecule has 4 heteroatoms. The Kier molecular flexibility index (Phi) is 5.24. The molecule has 1 amide bonds. The Morgan fingerprint density at radius 1 is 1.39 bits per heavy atom. The summed E-state index contributed by atoms with van der Waals surface area (Å²) in [5, 5.41) is 7.11. The van der Waals surface area contributed by atoms with Crippen LogP contribution in [0.15, 0.2) is 18.5 Å². The van der Waals surface area contributed by atoms with Gasteiger partial charge in [-0.3, -0.25) is 9.48 Å². The first kappa shape index (κ1) is 13.1. The van der Waals surface area contributed by atoms with Crippen molar-refractivity contribution in [1.29, 1.82) is 0 Å². The van der Waals surface area contributed by atoms with Gasteiger partial charge in [0.25, 0.3) is 0 Å². The highest BCUT2D eigenvalue weighted by Gasteiger charge is 2.15. The lowest BCUT2D eigenvalue weighted by Crippen LogP contribution is -2.25. The molecule has 0 aromatic carbocycles. The lowest BCUT2D eigenvalue weighted by molar-refractivity contribution is -0.121. The number of aromatic nitrogens is 2. The maximum atomic E-state index is 11.6. The van der Waals surface area contributed by atoms with Gasteiger partial charge in [0.1, 0.15) is 0 Å². The van der Waals surface area contributed by atoms with Crippen LogP contribution in [0.4, 0.5) is 0 Å². The largest absolute Gasteiger partial charge is 0.356 e. The van der Waals surface area contributed by atoms with E-state index in [1.807, 2.05) is 16.9 Å². The molecule has 18 heavy (non-hydrogen) atoms. The van der Waals surface area contributed by atoms with Gasteiger partial charge in [-0.2, -0.15) is 5.10 Å². The molecule has 1 aromatic rings. The fourth-order valence-corrected chi connectivity index (χ4v) is 2.62. The van der Waals surface area contributed by atoms with E-state index in [1.54, 1.807) is 6.20 Å². The molecule has 1 saturated carbocycles. The van der Waals surface area contributed by atoms with Crippen molar-refractivity contribution in [2.75, 3.05) is 6.54 Å². The van der Waals surface area contributed by atoms with Crippen molar-refractivity contribution in [2.24, 2.45) is 5.92 Å². The fourth-order valence-electron chi connectivity index (χ4n) is 2.62. The van der Waals surface area contributed by atoms with Gasteiger partial charge in [-0.1, -0.05) is 25.7 Å². The van der Waals surface area contributed by atoms with Crippen LogP contribution in [0.2, 0.25) is 0 Å². The van der Waals surface area contributed by atoms with Crippen LogP contribution < -0.4 is 5.32 Å². The summed E-state index contributed by atoms with van der Waals surface area (Å²) in [6.45, 7) is 1.62. The van der Waals surface area contributed by atoms with E-state index in [9.17, 15) is 4.79 Å². The number of nitrogens with zero attached hydrogens (tertiary/aromatic N) is 2. The summed E-state index contributed by atoms with van der Waals surface area (Å²) in [4.78, 5) is 11.6. The highest BCUT2D eigenvalue weighted by atomic mass is 16.1. The molecule has 1 aliphatic carbocycles. The van der Waals surface area contributed by atoms with Crippen LogP contribution in [0, 0.1) is 5.92 Å². The van der Waals surface area contributed by atoms with Crippen LogP contribution in [-0.4, -0.2) is 22.2 Å². The molecule has 0 aliphatic heterocycles. The number of hydrogen-bond acceptors (Lipinski definition) is 2. The molecule has 0 saturated heterocycles. The van der Waals surface area contributed by atoms with Crippen molar-refractivity contribution in [3.63, 3.8) is 0 Å². The Labute approximate surface area is 109 Å². The minimum atomic E-state index is 0.211. The van der Waals surface area contributed by atoms with Crippen molar-refractivity contribution in [1.82, 2.24) is 15.1 Å². The highest BCUT2D eigenvalue weighted by molar-refractivity contribution is 5.75. The van der Waals surface area contributed by atoms with Crippen molar-refractivity contribution >= 4 is 5.91 Å². The van der Waals surface area contributed by atoms with Gasteiger partial charge in [0.15, 0.2) is 0 Å². The monoisotopic (exact) mass is 249 g/mol. The number of amides is 1. The van der Waals surface area contributed by atoms with Gasteiger partial charge in [0.05, 0.1) is 0 Å². The molecular weight excluding hydrogens is 226 g/mol. The van der Waals surface area contributed by atoms with Crippen LogP contribution in [0.3, 0.4) is 0 Å². The molecular formula is C14H23N3O. The quantitative estimate of drug-likeness (QED) is 0.754. The zero-order valence-electron chi connectivity index (χ0n) is 11.0. The van der Waals surface area contributed by atoms with Crippen LogP contribution in [-0.2, 0) is 11.3 Å². The smallest absolute Gasteiger partial charge is 0.220 e. The maximum Gasteiger partial charge on any atom is 0.220 e. The van der Waals surface area contributed by atoms with Gasteiger partial charge >= 0.3 is 0 Å². The zero-order chi connectivity index (χ0) is 12.6. The molecule has 0 atom stereocenters. The van der Waals surface area contributed by atoms with Crippen molar-refractivity contribution in [3.05, 3.63) is 18.5 Å². The Bertz CT molecular complexity index is 342. The van der Waals surface area contributed by atoms with Crippen LogP contribution in [0.1, 0.15) is 44.9 Å². The highest BCUT2D eigenvalue weighted by Crippen LogP contribution is 2.28. The van der Waals surface area contributed by atoms with E-state index in [-0.39, 0.29) is 5.91 Å². The Balaban J connectivity index is 1.49. The fraction of sp³-hybridized carbons (Fsp3) is 0.714. The number of nitrogens with one attached hydrogen (secondary N) is 1. The molecule has 0 spiro atoms. The normalized spacial score (nSPS) is 16.0. The van der Waals surface area contributed by atoms with Crippen molar-refractivity contribution < 1.29 is 4.79 Å². The Morgan fingerprint density at radius 3 is 2.94 bits per heavy atom. The second-order valence-corrected chi connectivity index (χ2v) is 5.16. The first-order valence-electron chi connectivity index (χ1n) is 7.09. The third-order valence-corrected chi connectivity index (χ3v) is 3.70. The van der Waals surface area contributed by atoms with E-state index < -0.39 is 0 Å². The summed E-state index contributed by atoms with van der Waals surface area (Å²) in [5.41, 5.74) is 0. The van der Waals surface area contributed by atoms with Gasteiger partial charge in [-0.25, -0.2) is 0 Å². The van der Waals surface area contributed by atoms with Crippen LogP contribution in [0.5, 0.6) is 0 Å². The number of aryl methyl sites for hydroxylation is 1. The minimum Gasteiger partial charge on any atom is -0.356 e. The molecule has 1 N–H and O–H groups in total. The summed E-state index contributed by atoms with van der Waals surface area (Å²) in [7, 11) is 0. The van der Waals surface area contributed by atoms with Gasteiger partial charge in [-0.15, -0.1) is 0 Å². The molecule has 100 valence electrons.